The van der Waals surface area contributed by atoms with E-state index in [1.165, 1.54) is 5.56 Å². The van der Waals surface area contributed by atoms with Gasteiger partial charge in [0.15, 0.2) is 0 Å². The van der Waals surface area contributed by atoms with Gasteiger partial charge in [-0.05, 0) is 36.6 Å². The molecule has 0 bridgehead atoms. The number of nitriles is 1. The maximum atomic E-state index is 9.28. The van der Waals surface area contributed by atoms with E-state index in [-0.39, 0.29) is 0 Å². The summed E-state index contributed by atoms with van der Waals surface area (Å²) in [5, 5.41) is 9.28. The van der Waals surface area contributed by atoms with E-state index in [4.69, 9.17) is 4.99 Å². The minimum absolute atomic E-state index is 0.613. The Morgan fingerprint density at radius 2 is 2.00 bits per heavy atom. The molecule has 1 fully saturated rings. The second-order valence-electron chi connectivity index (χ2n) is 5.63. The number of halogens is 1. The first-order valence-electron chi connectivity index (χ1n) is 7.82. The molecule has 0 N–H and O–H groups in total. The van der Waals surface area contributed by atoms with Gasteiger partial charge in [0.05, 0.1) is 11.3 Å². The lowest BCUT2D eigenvalue weighted by molar-refractivity contribution is 0.457. The molecule has 3 rings (SSSR count). The highest BCUT2D eigenvalue weighted by Gasteiger charge is 2.18. The molecule has 23 heavy (non-hydrogen) atoms. The van der Waals surface area contributed by atoms with Crippen LogP contribution >= 0.6 is 15.9 Å². The van der Waals surface area contributed by atoms with Crippen LogP contribution in [-0.4, -0.2) is 23.8 Å². The highest BCUT2D eigenvalue weighted by Crippen LogP contribution is 2.25. The topological polar surface area (TPSA) is 39.4 Å². The van der Waals surface area contributed by atoms with Crippen LogP contribution in [0.15, 0.2) is 58.0 Å². The fraction of sp³-hybridized carbons (Fsp3) is 0.263. The van der Waals surface area contributed by atoms with E-state index in [1.54, 1.807) is 0 Å². The zero-order valence-electron chi connectivity index (χ0n) is 12.9. The summed E-state index contributed by atoms with van der Waals surface area (Å²) >= 11 is 3.40. The zero-order chi connectivity index (χ0) is 16.1. The third-order valence-electron chi connectivity index (χ3n) is 4.04. The van der Waals surface area contributed by atoms with Crippen LogP contribution in [0.25, 0.3) is 0 Å². The van der Waals surface area contributed by atoms with Crippen LogP contribution in [0, 0.1) is 11.3 Å². The third kappa shape index (κ3) is 4.00. The van der Waals surface area contributed by atoms with Crippen LogP contribution in [0.1, 0.15) is 24.0 Å². The Morgan fingerprint density at radius 3 is 2.78 bits per heavy atom. The van der Waals surface area contributed by atoms with Gasteiger partial charge in [0.2, 0.25) is 0 Å². The summed E-state index contributed by atoms with van der Waals surface area (Å²) in [5.74, 6) is 1.10. The molecular formula is C19H18BrN3. The first-order chi connectivity index (χ1) is 11.3. The Morgan fingerprint density at radius 1 is 1.17 bits per heavy atom. The van der Waals surface area contributed by atoms with Crippen molar-refractivity contribution in [1.29, 1.82) is 5.26 Å². The fourth-order valence-electron chi connectivity index (χ4n) is 2.83. The monoisotopic (exact) mass is 367 g/mol. The Labute approximate surface area is 145 Å². The van der Waals surface area contributed by atoms with Gasteiger partial charge >= 0.3 is 0 Å². The van der Waals surface area contributed by atoms with E-state index in [0.29, 0.717) is 5.56 Å². The summed E-state index contributed by atoms with van der Waals surface area (Å²) in [6.45, 7) is 2.02. The van der Waals surface area contributed by atoms with Crippen LogP contribution < -0.4 is 0 Å². The minimum Gasteiger partial charge on any atom is -0.360 e. The molecule has 0 saturated carbocycles. The van der Waals surface area contributed by atoms with E-state index >= 15 is 0 Å². The first-order valence-corrected chi connectivity index (χ1v) is 8.61. The van der Waals surface area contributed by atoms with Gasteiger partial charge in [-0.15, -0.1) is 0 Å². The highest BCUT2D eigenvalue weighted by atomic mass is 79.9. The molecule has 1 aliphatic heterocycles. The summed E-state index contributed by atoms with van der Waals surface area (Å²) in [7, 11) is 0. The average molecular weight is 368 g/mol. The molecule has 1 saturated heterocycles. The molecule has 0 radical (unpaired) electrons. The van der Waals surface area contributed by atoms with Gasteiger partial charge < -0.3 is 4.90 Å². The molecule has 1 aliphatic rings. The Kier molecular flexibility index (Phi) is 5.09. The molecule has 4 heteroatoms. The minimum atomic E-state index is 0.613. The predicted octanol–water partition coefficient (Wildman–Crippen LogP) is 4.69. The van der Waals surface area contributed by atoms with Crippen molar-refractivity contribution >= 4 is 27.5 Å². The number of rotatable bonds is 4. The summed E-state index contributed by atoms with van der Waals surface area (Å²) in [6, 6.07) is 18.4. The van der Waals surface area contributed by atoms with Gasteiger partial charge in [-0.3, -0.25) is 0 Å². The molecule has 0 aromatic heterocycles. The van der Waals surface area contributed by atoms with Gasteiger partial charge in [-0.25, -0.2) is 4.99 Å². The number of amidine groups is 1. The SMILES string of the molecule is N#Cc1cc(Br)ccc1N=C1CCCN1CCc1ccccc1. The average Bonchev–Trinajstić information content (AvgIpc) is 3.02. The van der Waals surface area contributed by atoms with Crippen molar-refractivity contribution in [2.24, 2.45) is 4.99 Å². The number of hydrogen-bond donors (Lipinski definition) is 0. The molecule has 2 aromatic rings. The van der Waals surface area contributed by atoms with Crippen molar-refractivity contribution in [3.05, 3.63) is 64.1 Å². The van der Waals surface area contributed by atoms with Crippen LogP contribution in [0.5, 0.6) is 0 Å². The number of likely N-dealkylation sites (tertiary alicyclic amines) is 1. The molecule has 0 amide bonds. The first kappa shape index (κ1) is 15.8. The smallest absolute Gasteiger partial charge is 0.105 e. The van der Waals surface area contributed by atoms with Gasteiger partial charge in [-0.1, -0.05) is 46.3 Å². The third-order valence-corrected chi connectivity index (χ3v) is 4.53. The summed E-state index contributed by atoms with van der Waals surface area (Å²) in [6.07, 6.45) is 3.13. The lowest BCUT2D eigenvalue weighted by Crippen LogP contribution is -2.27. The molecule has 2 aromatic carbocycles. The van der Waals surface area contributed by atoms with E-state index in [1.807, 2.05) is 24.3 Å². The Bertz CT molecular complexity index is 747. The fourth-order valence-corrected chi connectivity index (χ4v) is 3.19. The van der Waals surface area contributed by atoms with Crippen LogP contribution in [0.3, 0.4) is 0 Å². The standard InChI is InChI=1S/C19H18BrN3/c20-17-8-9-18(16(13-17)14-21)22-19-7-4-11-23(19)12-10-15-5-2-1-3-6-15/h1-3,5-6,8-9,13H,4,7,10-12H2. The van der Waals surface area contributed by atoms with Crippen molar-refractivity contribution in [3.8, 4) is 6.07 Å². The molecular weight excluding hydrogens is 350 g/mol. The molecule has 0 unspecified atom stereocenters. The summed E-state index contributed by atoms with van der Waals surface area (Å²) in [4.78, 5) is 7.11. The number of nitrogens with zero attached hydrogens (tertiary/aromatic N) is 3. The zero-order valence-corrected chi connectivity index (χ0v) is 14.5. The van der Waals surface area contributed by atoms with Gasteiger partial charge in [-0.2, -0.15) is 5.26 Å². The van der Waals surface area contributed by atoms with Crippen molar-refractivity contribution in [2.75, 3.05) is 13.1 Å². The predicted molar refractivity (Wildman–Crippen MR) is 96.9 cm³/mol. The Balaban J connectivity index is 1.75. The molecule has 3 nitrogen and oxygen atoms in total. The second-order valence-corrected chi connectivity index (χ2v) is 6.54. The van der Waals surface area contributed by atoms with E-state index in [2.05, 4.69) is 51.2 Å². The largest absolute Gasteiger partial charge is 0.360 e. The van der Waals surface area contributed by atoms with E-state index < -0.39 is 0 Å². The van der Waals surface area contributed by atoms with Gasteiger partial charge in [0.1, 0.15) is 11.9 Å². The highest BCUT2D eigenvalue weighted by molar-refractivity contribution is 9.10. The normalized spacial score (nSPS) is 15.8. The van der Waals surface area contributed by atoms with E-state index in [9.17, 15) is 5.26 Å². The number of aliphatic imine (C=N–C) groups is 1. The lowest BCUT2D eigenvalue weighted by Gasteiger charge is -2.19. The van der Waals surface area contributed by atoms with Crippen LogP contribution in [0.4, 0.5) is 5.69 Å². The number of benzene rings is 2. The van der Waals surface area contributed by atoms with Crippen molar-refractivity contribution in [3.63, 3.8) is 0 Å². The van der Waals surface area contributed by atoms with Crippen molar-refractivity contribution < 1.29 is 0 Å². The molecule has 0 atom stereocenters. The Hall–Kier alpha value is -2.12. The maximum absolute atomic E-state index is 9.28. The van der Waals surface area contributed by atoms with Crippen LogP contribution in [0.2, 0.25) is 0 Å². The van der Waals surface area contributed by atoms with Gasteiger partial charge in [0, 0.05) is 24.0 Å². The quantitative estimate of drug-likeness (QED) is 0.786. The van der Waals surface area contributed by atoms with Gasteiger partial charge in [0.25, 0.3) is 0 Å². The second kappa shape index (κ2) is 7.43. The molecule has 1 heterocycles. The number of hydrogen-bond acceptors (Lipinski definition) is 2. The molecule has 0 spiro atoms. The summed E-state index contributed by atoms with van der Waals surface area (Å²) in [5.41, 5.74) is 2.72. The van der Waals surface area contributed by atoms with Crippen molar-refractivity contribution in [1.82, 2.24) is 4.90 Å². The maximum Gasteiger partial charge on any atom is 0.105 e. The lowest BCUT2D eigenvalue weighted by atomic mass is 10.1. The molecule has 116 valence electrons. The van der Waals surface area contributed by atoms with Crippen molar-refractivity contribution in [2.45, 2.75) is 19.3 Å². The summed E-state index contributed by atoms with van der Waals surface area (Å²) < 4.78 is 0.908. The van der Waals surface area contributed by atoms with E-state index in [0.717, 1.165) is 48.3 Å². The van der Waals surface area contributed by atoms with Crippen LogP contribution in [-0.2, 0) is 6.42 Å². The molecule has 0 aliphatic carbocycles.